The highest BCUT2D eigenvalue weighted by Gasteiger charge is 2.36. The van der Waals surface area contributed by atoms with Gasteiger partial charge in [0, 0.05) is 6.61 Å². The molecular weight excluding hydrogens is 442 g/mol. The van der Waals surface area contributed by atoms with Crippen molar-refractivity contribution in [3.05, 3.63) is 54.1 Å². The number of nitriles is 1. The van der Waals surface area contributed by atoms with Gasteiger partial charge in [0.1, 0.15) is 5.75 Å². The van der Waals surface area contributed by atoms with E-state index in [9.17, 15) is 5.26 Å². The minimum atomic E-state index is -0.150. The largest absolute Gasteiger partial charge is 0.491 e. The van der Waals surface area contributed by atoms with Crippen LogP contribution in [0.25, 0.3) is 11.1 Å². The Morgan fingerprint density at radius 3 is 2.17 bits per heavy atom. The maximum absolute atomic E-state index is 10.1. The van der Waals surface area contributed by atoms with E-state index in [4.69, 9.17) is 9.84 Å². The number of ether oxygens (including phenoxy) is 1. The molecule has 2 aromatic rings. The van der Waals surface area contributed by atoms with Crippen LogP contribution in [0, 0.1) is 16.7 Å². The van der Waals surface area contributed by atoms with E-state index in [0.717, 1.165) is 63.5 Å². The van der Waals surface area contributed by atoms with Crippen LogP contribution in [0.4, 0.5) is 0 Å². The van der Waals surface area contributed by atoms with Crippen LogP contribution in [-0.4, -0.2) is 17.8 Å². The zero-order chi connectivity index (χ0) is 25.6. The van der Waals surface area contributed by atoms with Gasteiger partial charge in [-0.15, -0.1) is 0 Å². The highest BCUT2D eigenvalue weighted by Crippen LogP contribution is 2.47. The number of hydrogen-bond acceptors (Lipinski definition) is 3. The van der Waals surface area contributed by atoms with Crippen LogP contribution in [0.15, 0.2) is 48.5 Å². The van der Waals surface area contributed by atoms with Crippen molar-refractivity contribution < 1.29 is 9.84 Å². The summed E-state index contributed by atoms with van der Waals surface area (Å²) >= 11 is 0. The summed E-state index contributed by atoms with van der Waals surface area (Å²) in [5.41, 5.74) is 3.68. The van der Waals surface area contributed by atoms with Gasteiger partial charge < -0.3 is 9.84 Å². The van der Waals surface area contributed by atoms with Gasteiger partial charge in [0.25, 0.3) is 0 Å². The van der Waals surface area contributed by atoms with Crippen LogP contribution in [0.5, 0.6) is 5.75 Å². The van der Waals surface area contributed by atoms with E-state index >= 15 is 0 Å². The average molecular weight is 490 g/mol. The number of benzene rings is 2. The third-order valence-electron chi connectivity index (χ3n) is 8.00. The van der Waals surface area contributed by atoms with Gasteiger partial charge in [-0.2, -0.15) is 5.26 Å². The van der Waals surface area contributed by atoms with Crippen molar-refractivity contribution in [2.45, 2.75) is 116 Å². The Bertz CT molecular complexity index is 914. The molecule has 0 amide bonds. The van der Waals surface area contributed by atoms with Gasteiger partial charge >= 0.3 is 0 Å². The zero-order valence-corrected chi connectivity index (χ0v) is 22.7. The van der Waals surface area contributed by atoms with Crippen LogP contribution in [0.1, 0.15) is 115 Å². The molecule has 36 heavy (non-hydrogen) atoms. The Hall–Kier alpha value is -2.31. The third-order valence-corrected chi connectivity index (χ3v) is 8.00. The Labute approximate surface area is 219 Å². The van der Waals surface area contributed by atoms with Crippen molar-refractivity contribution in [2.24, 2.45) is 5.41 Å². The van der Waals surface area contributed by atoms with Gasteiger partial charge in [0.2, 0.25) is 0 Å². The maximum Gasteiger partial charge on any atom is 0.119 e. The van der Waals surface area contributed by atoms with Crippen molar-refractivity contribution in [1.82, 2.24) is 0 Å². The molecule has 0 aliphatic heterocycles. The van der Waals surface area contributed by atoms with Crippen LogP contribution in [0.2, 0.25) is 0 Å². The Morgan fingerprint density at radius 1 is 0.944 bits per heavy atom. The molecule has 0 spiro atoms. The molecule has 0 saturated heterocycles. The predicted molar refractivity (Wildman–Crippen MR) is 150 cm³/mol. The quantitative estimate of drug-likeness (QED) is 0.254. The number of hydrogen-bond donors (Lipinski definition) is 1. The first-order chi connectivity index (χ1) is 17.6. The molecule has 0 heterocycles. The molecular formula is C33H47NO2. The van der Waals surface area contributed by atoms with Gasteiger partial charge in [0.15, 0.2) is 0 Å². The first-order valence-electron chi connectivity index (χ1n) is 14.5. The van der Waals surface area contributed by atoms with Gasteiger partial charge in [-0.05, 0) is 80.2 Å². The lowest BCUT2D eigenvalue weighted by atomic mass is 9.66. The van der Waals surface area contributed by atoms with Crippen LogP contribution in [0.3, 0.4) is 0 Å². The standard InChI is InChI=1S/C33H47NO2/c1-3-12-27(2)36-32-20-18-29(19-21-32)28-14-16-30(17-15-28)31-13-11-23-33(25-31,26-34)22-9-7-5-4-6-8-10-24-35/h14-21,27,31,35H,3-13,22-25H2,1-2H3. The molecule has 2 aromatic carbocycles. The van der Waals surface area contributed by atoms with E-state index in [2.05, 4.69) is 68.4 Å². The van der Waals surface area contributed by atoms with Crippen molar-refractivity contribution >= 4 is 0 Å². The van der Waals surface area contributed by atoms with Gasteiger partial charge in [0.05, 0.1) is 17.6 Å². The van der Waals surface area contributed by atoms with Gasteiger partial charge in [-0.3, -0.25) is 0 Å². The fourth-order valence-electron chi connectivity index (χ4n) is 5.86. The summed E-state index contributed by atoms with van der Waals surface area (Å²) in [6.45, 7) is 4.63. The van der Waals surface area contributed by atoms with E-state index in [0.29, 0.717) is 12.5 Å². The second-order valence-electron chi connectivity index (χ2n) is 11.0. The van der Waals surface area contributed by atoms with E-state index < -0.39 is 0 Å². The van der Waals surface area contributed by atoms with Gasteiger partial charge in [-0.1, -0.05) is 94.7 Å². The first kappa shape index (κ1) is 28.3. The van der Waals surface area contributed by atoms with E-state index in [1.807, 2.05) is 0 Å². The monoisotopic (exact) mass is 489 g/mol. The van der Waals surface area contributed by atoms with Crippen molar-refractivity contribution in [3.63, 3.8) is 0 Å². The Balaban J connectivity index is 1.52. The topological polar surface area (TPSA) is 53.2 Å². The van der Waals surface area contributed by atoms with Crippen molar-refractivity contribution in [3.8, 4) is 22.9 Å². The lowest BCUT2D eigenvalue weighted by molar-refractivity contribution is 0.210. The maximum atomic E-state index is 10.1. The SMILES string of the molecule is CCCC(C)Oc1ccc(-c2ccc(C3CCCC(C#N)(CCCCCCCCCO)C3)cc2)cc1. The molecule has 1 N–H and O–H groups in total. The molecule has 3 rings (SSSR count). The molecule has 3 nitrogen and oxygen atoms in total. The van der Waals surface area contributed by atoms with Crippen LogP contribution >= 0.6 is 0 Å². The van der Waals surface area contributed by atoms with E-state index in [1.165, 1.54) is 48.8 Å². The van der Waals surface area contributed by atoms with Crippen LogP contribution in [-0.2, 0) is 0 Å². The van der Waals surface area contributed by atoms with E-state index in [1.54, 1.807) is 0 Å². The number of aliphatic hydroxyl groups excluding tert-OH is 1. The Kier molecular flexibility index (Phi) is 11.8. The molecule has 3 atom stereocenters. The summed E-state index contributed by atoms with van der Waals surface area (Å²) in [7, 11) is 0. The summed E-state index contributed by atoms with van der Waals surface area (Å²) in [6, 6.07) is 20.3. The summed E-state index contributed by atoms with van der Waals surface area (Å²) < 4.78 is 6.00. The summed E-state index contributed by atoms with van der Waals surface area (Å²) in [6.07, 6.45) is 16.1. The molecule has 1 saturated carbocycles. The van der Waals surface area contributed by atoms with Crippen LogP contribution < -0.4 is 4.74 Å². The molecule has 0 bridgehead atoms. The molecule has 3 unspecified atom stereocenters. The minimum absolute atomic E-state index is 0.150. The second-order valence-corrected chi connectivity index (χ2v) is 11.0. The number of nitrogens with zero attached hydrogens (tertiary/aromatic N) is 1. The smallest absolute Gasteiger partial charge is 0.119 e. The summed E-state index contributed by atoms with van der Waals surface area (Å²) in [4.78, 5) is 0. The van der Waals surface area contributed by atoms with Crippen molar-refractivity contribution in [2.75, 3.05) is 6.61 Å². The Morgan fingerprint density at radius 2 is 1.56 bits per heavy atom. The minimum Gasteiger partial charge on any atom is -0.491 e. The zero-order valence-electron chi connectivity index (χ0n) is 22.7. The summed E-state index contributed by atoms with van der Waals surface area (Å²) in [5.74, 6) is 1.43. The first-order valence-corrected chi connectivity index (χ1v) is 14.5. The fraction of sp³-hybridized carbons (Fsp3) is 0.606. The molecule has 1 aliphatic carbocycles. The number of aliphatic hydroxyl groups is 1. The highest BCUT2D eigenvalue weighted by molar-refractivity contribution is 5.64. The lowest BCUT2D eigenvalue weighted by Gasteiger charge is -2.36. The normalized spacial score (nSPS) is 20.6. The third kappa shape index (κ3) is 8.67. The predicted octanol–water partition coefficient (Wildman–Crippen LogP) is 9.20. The molecule has 0 radical (unpaired) electrons. The molecule has 3 heteroatoms. The fourth-order valence-corrected chi connectivity index (χ4v) is 5.86. The van der Waals surface area contributed by atoms with Gasteiger partial charge in [-0.25, -0.2) is 0 Å². The molecule has 1 fully saturated rings. The van der Waals surface area contributed by atoms with E-state index in [-0.39, 0.29) is 11.5 Å². The lowest BCUT2D eigenvalue weighted by Crippen LogP contribution is -2.26. The molecule has 196 valence electrons. The second kappa shape index (κ2) is 15.1. The molecule has 0 aromatic heterocycles. The van der Waals surface area contributed by atoms with Crippen molar-refractivity contribution in [1.29, 1.82) is 5.26 Å². The number of unbranched alkanes of at least 4 members (excludes halogenated alkanes) is 6. The average Bonchev–Trinajstić information content (AvgIpc) is 2.91. The summed E-state index contributed by atoms with van der Waals surface area (Å²) in [5, 5.41) is 19.0. The molecule has 1 aliphatic rings. The highest BCUT2D eigenvalue weighted by atomic mass is 16.5. The number of rotatable bonds is 15.